The molecule has 0 spiro atoms. The summed E-state index contributed by atoms with van der Waals surface area (Å²) in [5.74, 6) is -0.827. The molecule has 1 fully saturated rings. The fourth-order valence-corrected chi connectivity index (χ4v) is 2.56. The van der Waals surface area contributed by atoms with Crippen LogP contribution in [0.5, 0.6) is 0 Å². The van der Waals surface area contributed by atoms with Crippen molar-refractivity contribution >= 4 is 11.8 Å². The lowest BCUT2D eigenvalue weighted by Gasteiger charge is -2.37. The first-order valence-electron chi connectivity index (χ1n) is 7.80. The highest BCUT2D eigenvalue weighted by atomic mass is 19.4. The largest absolute Gasteiger partial charge is 0.417 e. The van der Waals surface area contributed by atoms with Gasteiger partial charge in [0.15, 0.2) is 0 Å². The van der Waals surface area contributed by atoms with Gasteiger partial charge in [-0.2, -0.15) is 13.2 Å². The first-order valence-corrected chi connectivity index (χ1v) is 7.80. The summed E-state index contributed by atoms with van der Waals surface area (Å²) in [7, 11) is 0. The second-order valence-corrected chi connectivity index (χ2v) is 6.96. The number of nitrogens with one attached hydrogen (secondary N) is 1. The maximum atomic E-state index is 12.8. The number of pyridine rings is 1. The van der Waals surface area contributed by atoms with Crippen LogP contribution in [0.4, 0.5) is 13.2 Å². The van der Waals surface area contributed by atoms with Gasteiger partial charge in [0.05, 0.1) is 5.56 Å². The molecule has 0 saturated carbocycles. The molecule has 0 aromatic carbocycles. The third-order valence-corrected chi connectivity index (χ3v) is 3.96. The Morgan fingerprint density at radius 2 is 1.56 bits per heavy atom. The van der Waals surface area contributed by atoms with E-state index in [0.29, 0.717) is 12.3 Å². The highest BCUT2D eigenvalue weighted by Gasteiger charge is 2.34. The summed E-state index contributed by atoms with van der Waals surface area (Å²) in [5, 5.41) is 0. The number of amides is 2. The molecule has 1 N–H and O–H groups in total. The molecular weight excluding hydrogens is 339 g/mol. The van der Waals surface area contributed by atoms with E-state index in [9.17, 15) is 27.6 Å². The van der Waals surface area contributed by atoms with E-state index in [2.05, 4.69) is 0 Å². The number of carbonyl (C=O) groups excluding carboxylic acids is 2. The molecule has 1 aliphatic heterocycles. The zero-order valence-corrected chi connectivity index (χ0v) is 14.2. The molecule has 2 heterocycles. The second-order valence-electron chi connectivity index (χ2n) is 6.96. The van der Waals surface area contributed by atoms with Crippen LogP contribution in [0.1, 0.15) is 36.7 Å². The molecule has 9 heteroatoms. The van der Waals surface area contributed by atoms with Crippen LogP contribution in [0.15, 0.2) is 17.1 Å². The standard InChI is InChI=1S/C16H20F3N3O3/c1-15(2,3)14(25)22-6-4-21(5-7-22)13(24)11-8-10(16(17,18)19)9-20-12(11)23/h8-9H,4-7H2,1-3H3,(H,20,23). The van der Waals surface area contributed by atoms with Gasteiger partial charge in [-0.25, -0.2) is 0 Å². The molecule has 1 aliphatic rings. The van der Waals surface area contributed by atoms with Crippen molar-refractivity contribution < 1.29 is 22.8 Å². The molecule has 2 rings (SSSR count). The average Bonchev–Trinajstić information content (AvgIpc) is 2.52. The van der Waals surface area contributed by atoms with Crippen LogP contribution >= 0.6 is 0 Å². The minimum Gasteiger partial charge on any atom is -0.339 e. The van der Waals surface area contributed by atoms with Gasteiger partial charge < -0.3 is 14.8 Å². The zero-order chi connectivity index (χ0) is 19.0. The van der Waals surface area contributed by atoms with Crippen molar-refractivity contribution in [3.05, 3.63) is 33.7 Å². The summed E-state index contributed by atoms with van der Waals surface area (Å²) in [6.45, 7) is 6.24. The van der Waals surface area contributed by atoms with Crippen LogP contribution in [-0.4, -0.2) is 52.8 Å². The number of hydrogen-bond donors (Lipinski definition) is 1. The molecule has 2 amide bonds. The number of carbonyl (C=O) groups is 2. The summed E-state index contributed by atoms with van der Waals surface area (Å²) in [4.78, 5) is 41.2. The first kappa shape index (κ1) is 19.0. The van der Waals surface area contributed by atoms with Gasteiger partial charge in [0.1, 0.15) is 5.56 Å². The Hall–Kier alpha value is -2.32. The van der Waals surface area contributed by atoms with Crippen molar-refractivity contribution in [2.75, 3.05) is 26.2 Å². The van der Waals surface area contributed by atoms with Crippen molar-refractivity contribution in [1.29, 1.82) is 0 Å². The summed E-state index contributed by atoms with van der Waals surface area (Å²) in [6.07, 6.45) is -4.11. The van der Waals surface area contributed by atoms with Gasteiger partial charge in [0, 0.05) is 37.8 Å². The van der Waals surface area contributed by atoms with Crippen molar-refractivity contribution in [3.63, 3.8) is 0 Å². The maximum Gasteiger partial charge on any atom is 0.417 e. The van der Waals surface area contributed by atoms with E-state index >= 15 is 0 Å². The lowest BCUT2D eigenvalue weighted by molar-refractivity contribution is -0.141. The van der Waals surface area contributed by atoms with Crippen LogP contribution in [0.3, 0.4) is 0 Å². The second kappa shape index (κ2) is 6.53. The first-order chi connectivity index (χ1) is 11.4. The Morgan fingerprint density at radius 3 is 2.04 bits per heavy atom. The Labute approximate surface area is 142 Å². The van der Waals surface area contributed by atoms with E-state index < -0.39 is 34.2 Å². The van der Waals surface area contributed by atoms with E-state index in [0.717, 1.165) is 0 Å². The van der Waals surface area contributed by atoms with E-state index in [-0.39, 0.29) is 32.1 Å². The lowest BCUT2D eigenvalue weighted by Crippen LogP contribution is -2.53. The van der Waals surface area contributed by atoms with Gasteiger partial charge >= 0.3 is 6.18 Å². The molecule has 0 atom stereocenters. The third kappa shape index (κ3) is 4.21. The van der Waals surface area contributed by atoms with Crippen LogP contribution in [0, 0.1) is 5.41 Å². The predicted molar refractivity (Wildman–Crippen MR) is 84.0 cm³/mol. The van der Waals surface area contributed by atoms with E-state index in [1.54, 1.807) is 25.7 Å². The van der Waals surface area contributed by atoms with E-state index in [1.807, 2.05) is 4.98 Å². The summed E-state index contributed by atoms with van der Waals surface area (Å²) in [6, 6.07) is 0.563. The minimum absolute atomic E-state index is 0.0588. The van der Waals surface area contributed by atoms with Gasteiger partial charge in [-0.15, -0.1) is 0 Å². The Bertz CT molecular complexity index is 727. The van der Waals surface area contributed by atoms with Gasteiger partial charge in [-0.1, -0.05) is 20.8 Å². The summed E-state index contributed by atoms with van der Waals surface area (Å²) >= 11 is 0. The monoisotopic (exact) mass is 359 g/mol. The summed E-state index contributed by atoms with van der Waals surface area (Å²) in [5.41, 5.74) is -3.06. The fourth-order valence-electron chi connectivity index (χ4n) is 2.56. The third-order valence-electron chi connectivity index (χ3n) is 3.96. The number of halogens is 3. The van der Waals surface area contributed by atoms with Gasteiger partial charge in [-0.05, 0) is 6.07 Å². The fraction of sp³-hybridized carbons (Fsp3) is 0.562. The Morgan fingerprint density at radius 1 is 1.04 bits per heavy atom. The van der Waals surface area contributed by atoms with Crippen LogP contribution < -0.4 is 5.56 Å². The van der Waals surface area contributed by atoms with E-state index in [1.165, 1.54) is 4.90 Å². The number of rotatable bonds is 1. The molecule has 138 valence electrons. The molecule has 25 heavy (non-hydrogen) atoms. The van der Waals surface area contributed by atoms with Crippen molar-refractivity contribution in [2.45, 2.75) is 26.9 Å². The maximum absolute atomic E-state index is 12.8. The topological polar surface area (TPSA) is 73.5 Å². The smallest absolute Gasteiger partial charge is 0.339 e. The molecule has 1 aromatic heterocycles. The van der Waals surface area contributed by atoms with Crippen LogP contribution in [-0.2, 0) is 11.0 Å². The zero-order valence-electron chi connectivity index (χ0n) is 14.2. The predicted octanol–water partition coefficient (Wildman–Crippen LogP) is 1.72. The van der Waals surface area contributed by atoms with Gasteiger partial charge in [0.25, 0.3) is 11.5 Å². The molecule has 0 bridgehead atoms. The highest BCUT2D eigenvalue weighted by molar-refractivity contribution is 5.94. The lowest BCUT2D eigenvalue weighted by atomic mass is 9.94. The van der Waals surface area contributed by atoms with Crippen molar-refractivity contribution in [1.82, 2.24) is 14.8 Å². The number of aromatic nitrogens is 1. The molecule has 1 saturated heterocycles. The highest BCUT2D eigenvalue weighted by Crippen LogP contribution is 2.28. The number of hydrogen-bond acceptors (Lipinski definition) is 3. The number of alkyl halides is 3. The summed E-state index contributed by atoms with van der Waals surface area (Å²) < 4.78 is 38.3. The normalized spacial score (nSPS) is 16.1. The van der Waals surface area contributed by atoms with Crippen LogP contribution in [0.2, 0.25) is 0 Å². The Kier molecular flexibility index (Phi) is 4.97. The number of H-pyrrole nitrogens is 1. The van der Waals surface area contributed by atoms with Crippen molar-refractivity contribution in [2.24, 2.45) is 5.41 Å². The van der Waals surface area contributed by atoms with Gasteiger partial charge in [-0.3, -0.25) is 14.4 Å². The molecule has 6 nitrogen and oxygen atoms in total. The number of aromatic amines is 1. The molecular formula is C16H20F3N3O3. The van der Waals surface area contributed by atoms with E-state index in [4.69, 9.17) is 0 Å². The molecule has 0 unspecified atom stereocenters. The minimum atomic E-state index is -4.66. The Balaban J connectivity index is 2.14. The van der Waals surface area contributed by atoms with Gasteiger partial charge in [0.2, 0.25) is 5.91 Å². The van der Waals surface area contributed by atoms with Crippen LogP contribution in [0.25, 0.3) is 0 Å². The van der Waals surface area contributed by atoms with Crippen molar-refractivity contribution in [3.8, 4) is 0 Å². The number of nitrogens with zero attached hydrogens (tertiary/aromatic N) is 2. The average molecular weight is 359 g/mol. The quantitative estimate of drug-likeness (QED) is 0.830. The SMILES string of the molecule is CC(C)(C)C(=O)N1CCN(C(=O)c2cc(C(F)(F)F)c[nH]c2=O)CC1. The molecule has 0 radical (unpaired) electrons. The molecule has 0 aliphatic carbocycles. The number of piperazine rings is 1. The molecule has 1 aromatic rings.